The predicted molar refractivity (Wildman–Crippen MR) is 73.2 cm³/mol. The molecule has 1 aliphatic heterocycles. The van der Waals surface area contributed by atoms with Crippen molar-refractivity contribution in [3.05, 3.63) is 48.0 Å². The van der Waals surface area contributed by atoms with E-state index in [1.807, 2.05) is 0 Å². The van der Waals surface area contributed by atoms with Crippen molar-refractivity contribution in [1.82, 2.24) is 4.90 Å². The minimum atomic E-state index is -4.33. The highest BCUT2D eigenvalue weighted by atomic mass is 19.4. The molecular weight excluding hydrogens is 279 g/mol. The molecule has 1 saturated heterocycles. The Balaban J connectivity index is 2.00. The number of alkyl halides is 3. The van der Waals surface area contributed by atoms with Gasteiger partial charge in [-0.3, -0.25) is 4.79 Å². The molecular formula is C16H14F3NO. The number of rotatable bonds is 1. The first kappa shape index (κ1) is 15.2. The highest BCUT2D eigenvalue weighted by Gasteiger charge is 2.29. The SMILES string of the molecule is C=CC(=O)N1CC[C@@H](C#Cc2ccc(C(F)(F)F)cc2)C1. The van der Waals surface area contributed by atoms with Crippen LogP contribution in [0.15, 0.2) is 36.9 Å². The molecule has 0 N–H and O–H groups in total. The van der Waals surface area contributed by atoms with Crippen molar-refractivity contribution in [2.24, 2.45) is 5.92 Å². The van der Waals surface area contributed by atoms with Crippen LogP contribution in [0.5, 0.6) is 0 Å². The number of hydrogen-bond donors (Lipinski definition) is 0. The molecule has 1 aromatic carbocycles. The smallest absolute Gasteiger partial charge is 0.338 e. The number of amides is 1. The molecule has 110 valence electrons. The molecule has 0 aromatic heterocycles. The van der Waals surface area contributed by atoms with E-state index < -0.39 is 11.7 Å². The summed E-state index contributed by atoms with van der Waals surface area (Å²) < 4.78 is 37.3. The second-order valence-corrected chi connectivity index (χ2v) is 4.82. The van der Waals surface area contributed by atoms with Gasteiger partial charge < -0.3 is 4.90 Å². The molecule has 0 unspecified atom stereocenters. The molecule has 0 saturated carbocycles. The van der Waals surface area contributed by atoms with Crippen molar-refractivity contribution < 1.29 is 18.0 Å². The van der Waals surface area contributed by atoms with Gasteiger partial charge in [0.05, 0.1) is 5.56 Å². The van der Waals surface area contributed by atoms with Gasteiger partial charge in [0.1, 0.15) is 0 Å². The van der Waals surface area contributed by atoms with Crippen molar-refractivity contribution in [3.8, 4) is 11.8 Å². The second kappa shape index (κ2) is 6.04. The normalized spacial score (nSPS) is 18.0. The number of carbonyl (C=O) groups excluding carboxylic acids is 1. The van der Waals surface area contributed by atoms with Crippen molar-refractivity contribution >= 4 is 5.91 Å². The van der Waals surface area contributed by atoms with Gasteiger partial charge in [-0.2, -0.15) is 13.2 Å². The van der Waals surface area contributed by atoms with Crippen molar-refractivity contribution in [3.63, 3.8) is 0 Å². The van der Waals surface area contributed by atoms with Gasteiger partial charge in [-0.1, -0.05) is 18.4 Å². The van der Waals surface area contributed by atoms with E-state index in [1.165, 1.54) is 18.2 Å². The maximum absolute atomic E-state index is 12.4. The molecule has 1 heterocycles. The Hall–Kier alpha value is -2.22. The number of carbonyl (C=O) groups is 1. The fraction of sp³-hybridized carbons (Fsp3) is 0.312. The summed E-state index contributed by atoms with van der Waals surface area (Å²) in [7, 11) is 0. The highest BCUT2D eigenvalue weighted by Crippen LogP contribution is 2.29. The summed E-state index contributed by atoms with van der Waals surface area (Å²) in [4.78, 5) is 13.1. The summed E-state index contributed by atoms with van der Waals surface area (Å²) >= 11 is 0. The quantitative estimate of drug-likeness (QED) is 0.575. The Kier molecular flexibility index (Phi) is 4.37. The molecule has 1 atom stereocenters. The topological polar surface area (TPSA) is 20.3 Å². The van der Waals surface area contributed by atoms with Crippen LogP contribution in [0.3, 0.4) is 0 Å². The molecule has 5 heteroatoms. The average molecular weight is 293 g/mol. The maximum atomic E-state index is 12.4. The molecule has 2 nitrogen and oxygen atoms in total. The summed E-state index contributed by atoms with van der Waals surface area (Å²) in [5, 5.41) is 0. The number of benzene rings is 1. The van der Waals surface area contributed by atoms with E-state index >= 15 is 0 Å². The Morgan fingerprint density at radius 1 is 1.33 bits per heavy atom. The first-order valence-corrected chi connectivity index (χ1v) is 6.50. The average Bonchev–Trinajstić information content (AvgIpc) is 2.92. The molecule has 1 aromatic rings. The van der Waals surface area contributed by atoms with Gasteiger partial charge in [0.15, 0.2) is 0 Å². The largest absolute Gasteiger partial charge is 0.416 e. The minimum absolute atomic E-state index is 0.0520. The van der Waals surface area contributed by atoms with Gasteiger partial charge in [0.2, 0.25) is 5.91 Å². The van der Waals surface area contributed by atoms with Gasteiger partial charge in [-0.05, 0) is 36.8 Å². The molecule has 1 amide bonds. The van der Waals surface area contributed by atoms with Gasteiger partial charge in [-0.15, -0.1) is 0 Å². The molecule has 1 fully saturated rings. The molecule has 1 aliphatic rings. The number of likely N-dealkylation sites (tertiary alicyclic amines) is 1. The van der Waals surface area contributed by atoms with Crippen LogP contribution in [-0.2, 0) is 11.0 Å². The zero-order chi connectivity index (χ0) is 15.5. The van der Waals surface area contributed by atoms with Crippen LogP contribution in [0.4, 0.5) is 13.2 Å². The van der Waals surface area contributed by atoms with Crippen molar-refractivity contribution in [1.29, 1.82) is 0 Å². The van der Waals surface area contributed by atoms with Gasteiger partial charge in [0.25, 0.3) is 0 Å². The van der Waals surface area contributed by atoms with Crippen LogP contribution < -0.4 is 0 Å². The van der Waals surface area contributed by atoms with E-state index in [0.717, 1.165) is 18.6 Å². The summed E-state index contributed by atoms with van der Waals surface area (Å²) in [6, 6.07) is 4.76. The van der Waals surface area contributed by atoms with Crippen LogP contribution in [0.1, 0.15) is 17.5 Å². The third kappa shape index (κ3) is 3.88. The van der Waals surface area contributed by atoms with Crippen LogP contribution in [0.2, 0.25) is 0 Å². The summed E-state index contributed by atoms with van der Waals surface area (Å²) in [6.07, 6.45) is -2.29. The Morgan fingerprint density at radius 2 is 2.00 bits per heavy atom. The van der Waals surface area contributed by atoms with E-state index in [9.17, 15) is 18.0 Å². The molecule has 0 bridgehead atoms. The fourth-order valence-corrected chi connectivity index (χ4v) is 2.14. The third-order valence-electron chi connectivity index (χ3n) is 3.31. The second-order valence-electron chi connectivity index (χ2n) is 4.82. The lowest BCUT2D eigenvalue weighted by Gasteiger charge is -2.11. The first-order chi connectivity index (χ1) is 9.90. The minimum Gasteiger partial charge on any atom is -0.338 e. The Morgan fingerprint density at radius 3 is 2.57 bits per heavy atom. The van der Waals surface area contributed by atoms with Crippen LogP contribution in [0.25, 0.3) is 0 Å². The Bertz CT molecular complexity index is 593. The summed E-state index contributed by atoms with van der Waals surface area (Å²) in [5.74, 6) is 5.80. The lowest BCUT2D eigenvalue weighted by atomic mass is 10.1. The Labute approximate surface area is 121 Å². The first-order valence-electron chi connectivity index (χ1n) is 6.50. The van der Waals surface area contributed by atoms with Crippen LogP contribution >= 0.6 is 0 Å². The van der Waals surface area contributed by atoms with Gasteiger partial charge >= 0.3 is 6.18 Å². The number of halogens is 3. The van der Waals surface area contributed by atoms with Crippen molar-refractivity contribution in [2.45, 2.75) is 12.6 Å². The predicted octanol–water partition coefficient (Wildman–Crippen LogP) is 3.09. The monoisotopic (exact) mass is 293 g/mol. The standard InChI is InChI=1S/C16H14F3NO/c1-2-15(21)20-10-9-13(11-20)4-3-12-5-7-14(8-6-12)16(17,18)19/h2,5-8,13H,1,9-11H2/t13-/m1/s1. The molecule has 0 aliphatic carbocycles. The lowest BCUT2D eigenvalue weighted by molar-refractivity contribution is -0.137. The van der Waals surface area contributed by atoms with E-state index in [0.29, 0.717) is 18.7 Å². The van der Waals surface area contributed by atoms with Crippen LogP contribution in [0, 0.1) is 17.8 Å². The van der Waals surface area contributed by atoms with E-state index in [-0.39, 0.29) is 11.8 Å². The number of hydrogen-bond acceptors (Lipinski definition) is 1. The van der Waals surface area contributed by atoms with Gasteiger partial charge in [0, 0.05) is 24.6 Å². The third-order valence-corrected chi connectivity index (χ3v) is 3.31. The zero-order valence-corrected chi connectivity index (χ0v) is 11.3. The van der Waals surface area contributed by atoms with E-state index in [4.69, 9.17) is 0 Å². The van der Waals surface area contributed by atoms with E-state index in [1.54, 1.807) is 4.90 Å². The fourth-order valence-electron chi connectivity index (χ4n) is 2.14. The molecule has 21 heavy (non-hydrogen) atoms. The summed E-state index contributed by atoms with van der Waals surface area (Å²) in [6.45, 7) is 4.61. The lowest BCUT2D eigenvalue weighted by Crippen LogP contribution is -2.26. The van der Waals surface area contributed by atoms with Crippen LogP contribution in [-0.4, -0.2) is 23.9 Å². The summed E-state index contributed by atoms with van der Waals surface area (Å²) in [5.41, 5.74) is -0.145. The number of nitrogens with zero attached hydrogens (tertiary/aromatic N) is 1. The van der Waals surface area contributed by atoms with Crippen molar-refractivity contribution in [2.75, 3.05) is 13.1 Å². The zero-order valence-electron chi connectivity index (χ0n) is 11.3. The molecule has 0 spiro atoms. The maximum Gasteiger partial charge on any atom is 0.416 e. The molecule has 2 rings (SSSR count). The van der Waals surface area contributed by atoms with Gasteiger partial charge in [-0.25, -0.2) is 0 Å². The molecule has 0 radical (unpaired) electrons. The van der Waals surface area contributed by atoms with E-state index in [2.05, 4.69) is 18.4 Å². The highest BCUT2D eigenvalue weighted by molar-refractivity contribution is 5.87.